The average Bonchev–Trinajstić information content (AvgIpc) is 3.02. The minimum Gasteiger partial charge on any atom is -0.349 e. The molecular weight excluding hydrogens is 326 g/mol. The number of carbonyl (C=O) groups is 1. The molecule has 1 aliphatic rings. The van der Waals surface area contributed by atoms with Crippen LogP contribution in [-0.4, -0.2) is 52.0 Å². The summed E-state index contributed by atoms with van der Waals surface area (Å²) in [4.78, 5) is 16.6. The van der Waals surface area contributed by atoms with Gasteiger partial charge in [-0.25, -0.2) is 0 Å². The van der Waals surface area contributed by atoms with Crippen molar-refractivity contribution in [2.45, 2.75) is 45.1 Å². The Morgan fingerprint density at radius 1 is 1.31 bits per heavy atom. The molecule has 1 aliphatic carbocycles. The smallest absolute Gasteiger partial charge is 0.273 e. The SMILES string of the molecule is Cc1nn(-c2ccccc2)nc1C(=O)NCC1(N(C)C)CCCC(C)C1. The minimum atomic E-state index is -0.149. The molecule has 2 atom stereocenters. The first-order valence-electron chi connectivity index (χ1n) is 9.36. The number of aryl methyl sites for hydroxylation is 1. The van der Waals surface area contributed by atoms with Crippen LogP contribution >= 0.6 is 0 Å². The second-order valence-electron chi connectivity index (χ2n) is 7.76. The third-order valence-corrected chi connectivity index (χ3v) is 5.58. The zero-order chi connectivity index (χ0) is 18.7. The third kappa shape index (κ3) is 3.80. The number of hydrogen-bond acceptors (Lipinski definition) is 4. The predicted octanol–water partition coefficient (Wildman–Crippen LogP) is 2.82. The van der Waals surface area contributed by atoms with Gasteiger partial charge in [0.25, 0.3) is 5.91 Å². The molecule has 0 saturated heterocycles. The molecule has 26 heavy (non-hydrogen) atoms. The van der Waals surface area contributed by atoms with Gasteiger partial charge in [-0.2, -0.15) is 9.90 Å². The molecule has 6 heteroatoms. The summed E-state index contributed by atoms with van der Waals surface area (Å²) in [5, 5.41) is 11.9. The van der Waals surface area contributed by atoms with Gasteiger partial charge in [0.15, 0.2) is 5.69 Å². The van der Waals surface area contributed by atoms with Crippen molar-refractivity contribution in [2.75, 3.05) is 20.6 Å². The molecule has 1 fully saturated rings. The van der Waals surface area contributed by atoms with Gasteiger partial charge in [-0.05, 0) is 51.9 Å². The van der Waals surface area contributed by atoms with E-state index in [-0.39, 0.29) is 11.4 Å². The number of aromatic nitrogens is 3. The van der Waals surface area contributed by atoms with Crippen LogP contribution in [0.25, 0.3) is 5.69 Å². The van der Waals surface area contributed by atoms with Gasteiger partial charge in [0, 0.05) is 12.1 Å². The average molecular weight is 355 g/mol. The molecule has 0 radical (unpaired) electrons. The molecule has 0 bridgehead atoms. The third-order valence-electron chi connectivity index (χ3n) is 5.58. The van der Waals surface area contributed by atoms with Crippen molar-refractivity contribution in [3.63, 3.8) is 0 Å². The van der Waals surface area contributed by atoms with Gasteiger partial charge in [-0.15, -0.1) is 5.10 Å². The lowest BCUT2D eigenvalue weighted by molar-refractivity contribution is 0.0672. The molecule has 1 N–H and O–H groups in total. The van der Waals surface area contributed by atoms with Gasteiger partial charge in [-0.1, -0.05) is 38.0 Å². The first kappa shape index (κ1) is 18.6. The molecule has 1 aromatic carbocycles. The maximum absolute atomic E-state index is 12.8. The van der Waals surface area contributed by atoms with Crippen molar-refractivity contribution in [3.05, 3.63) is 41.7 Å². The molecule has 1 aromatic heterocycles. The van der Waals surface area contributed by atoms with Crippen LogP contribution in [0.2, 0.25) is 0 Å². The van der Waals surface area contributed by atoms with Crippen LogP contribution < -0.4 is 5.32 Å². The molecule has 1 amide bonds. The summed E-state index contributed by atoms with van der Waals surface area (Å²) in [6.45, 7) is 4.77. The van der Waals surface area contributed by atoms with E-state index < -0.39 is 0 Å². The zero-order valence-corrected chi connectivity index (χ0v) is 16.2. The topological polar surface area (TPSA) is 63.1 Å². The first-order valence-corrected chi connectivity index (χ1v) is 9.36. The maximum atomic E-state index is 12.8. The van der Waals surface area contributed by atoms with Crippen molar-refractivity contribution >= 4 is 5.91 Å². The Bertz CT molecular complexity index is 755. The number of para-hydroxylation sites is 1. The number of likely N-dealkylation sites (N-methyl/N-ethyl adjacent to an activating group) is 1. The van der Waals surface area contributed by atoms with E-state index in [1.807, 2.05) is 37.3 Å². The normalized spacial score (nSPS) is 23.2. The van der Waals surface area contributed by atoms with Gasteiger partial charge >= 0.3 is 0 Å². The van der Waals surface area contributed by atoms with Gasteiger partial charge in [0.1, 0.15) is 0 Å². The van der Waals surface area contributed by atoms with E-state index >= 15 is 0 Å². The highest BCUT2D eigenvalue weighted by Crippen LogP contribution is 2.35. The van der Waals surface area contributed by atoms with Crippen molar-refractivity contribution in [1.82, 2.24) is 25.2 Å². The lowest BCUT2D eigenvalue weighted by Crippen LogP contribution is -2.55. The number of carbonyl (C=O) groups excluding carboxylic acids is 1. The molecule has 140 valence electrons. The largest absolute Gasteiger partial charge is 0.349 e. The fraction of sp³-hybridized carbons (Fsp3) is 0.550. The molecular formula is C20H29N5O. The lowest BCUT2D eigenvalue weighted by atomic mass is 9.75. The van der Waals surface area contributed by atoms with Crippen molar-refractivity contribution in [1.29, 1.82) is 0 Å². The van der Waals surface area contributed by atoms with Crippen molar-refractivity contribution in [3.8, 4) is 5.69 Å². The van der Waals surface area contributed by atoms with E-state index in [0.717, 1.165) is 18.5 Å². The summed E-state index contributed by atoms with van der Waals surface area (Å²) < 4.78 is 0. The Morgan fingerprint density at radius 3 is 2.69 bits per heavy atom. The Labute approximate surface area is 155 Å². The number of rotatable bonds is 5. The van der Waals surface area contributed by atoms with E-state index in [9.17, 15) is 4.79 Å². The van der Waals surface area contributed by atoms with E-state index in [0.29, 0.717) is 23.9 Å². The molecule has 0 aliphatic heterocycles. The van der Waals surface area contributed by atoms with Crippen molar-refractivity contribution in [2.24, 2.45) is 5.92 Å². The number of benzene rings is 1. The number of nitrogens with zero attached hydrogens (tertiary/aromatic N) is 4. The Balaban J connectivity index is 1.73. The van der Waals surface area contributed by atoms with E-state index in [4.69, 9.17) is 0 Å². The monoisotopic (exact) mass is 355 g/mol. The van der Waals surface area contributed by atoms with Crippen LogP contribution in [0.3, 0.4) is 0 Å². The number of amides is 1. The van der Waals surface area contributed by atoms with Crippen LogP contribution in [0.4, 0.5) is 0 Å². The second kappa shape index (κ2) is 7.58. The predicted molar refractivity (Wildman–Crippen MR) is 102 cm³/mol. The molecule has 1 heterocycles. The Hall–Kier alpha value is -2.21. The van der Waals surface area contributed by atoms with Crippen molar-refractivity contribution < 1.29 is 4.79 Å². The van der Waals surface area contributed by atoms with Gasteiger partial charge < -0.3 is 10.2 Å². The summed E-state index contributed by atoms with van der Waals surface area (Å²) in [7, 11) is 4.22. The lowest BCUT2D eigenvalue weighted by Gasteiger charge is -2.45. The summed E-state index contributed by atoms with van der Waals surface area (Å²) in [5.74, 6) is 0.535. The van der Waals surface area contributed by atoms with E-state index in [1.165, 1.54) is 17.6 Å². The second-order valence-corrected chi connectivity index (χ2v) is 7.76. The van der Waals surface area contributed by atoms with Crippen LogP contribution in [-0.2, 0) is 0 Å². The molecule has 1 saturated carbocycles. The summed E-state index contributed by atoms with van der Waals surface area (Å²) >= 11 is 0. The van der Waals surface area contributed by atoms with E-state index in [1.54, 1.807) is 0 Å². The fourth-order valence-electron chi connectivity index (χ4n) is 3.95. The highest BCUT2D eigenvalue weighted by molar-refractivity contribution is 5.93. The first-order chi connectivity index (χ1) is 12.4. The maximum Gasteiger partial charge on any atom is 0.273 e. The number of hydrogen-bond donors (Lipinski definition) is 1. The Morgan fingerprint density at radius 2 is 2.04 bits per heavy atom. The standard InChI is InChI=1S/C20H29N5O/c1-15-9-8-12-20(13-15,24(3)4)14-21-19(26)18-16(2)22-25(23-18)17-10-6-5-7-11-17/h5-7,10-11,15H,8-9,12-14H2,1-4H3,(H,21,26). The van der Waals surface area contributed by atoms with Gasteiger partial charge in [0.2, 0.25) is 0 Å². The number of nitrogens with one attached hydrogen (secondary N) is 1. The molecule has 2 unspecified atom stereocenters. The highest BCUT2D eigenvalue weighted by atomic mass is 16.2. The van der Waals surface area contributed by atoms with Crippen LogP contribution in [0.5, 0.6) is 0 Å². The van der Waals surface area contributed by atoms with Gasteiger partial charge in [0.05, 0.1) is 11.4 Å². The molecule has 3 rings (SSSR count). The summed E-state index contributed by atoms with van der Waals surface area (Å²) in [6.07, 6.45) is 4.70. The summed E-state index contributed by atoms with van der Waals surface area (Å²) in [6, 6.07) is 9.65. The molecule has 0 spiro atoms. The van der Waals surface area contributed by atoms with Crippen LogP contribution in [0.15, 0.2) is 30.3 Å². The van der Waals surface area contributed by atoms with E-state index in [2.05, 4.69) is 41.4 Å². The minimum absolute atomic E-state index is 0.0245. The molecule has 6 nitrogen and oxygen atoms in total. The quantitative estimate of drug-likeness (QED) is 0.896. The van der Waals surface area contributed by atoms with Gasteiger partial charge in [-0.3, -0.25) is 4.79 Å². The van der Waals surface area contributed by atoms with Crippen LogP contribution in [0, 0.1) is 12.8 Å². The Kier molecular flexibility index (Phi) is 5.41. The van der Waals surface area contributed by atoms with Crippen LogP contribution in [0.1, 0.15) is 48.8 Å². The fourth-order valence-corrected chi connectivity index (χ4v) is 3.95. The molecule has 2 aromatic rings. The highest BCUT2D eigenvalue weighted by Gasteiger charge is 2.37. The zero-order valence-electron chi connectivity index (χ0n) is 16.2. The summed E-state index contributed by atoms with van der Waals surface area (Å²) in [5.41, 5.74) is 1.91.